The molecule has 0 atom stereocenters. The van der Waals surface area contributed by atoms with Crippen LogP contribution in [0.1, 0.15) is 5.56 Å². The van der Waals surface area contributed by atoms with Crippen molar-refractivity contribution in [3.63, 3.8) is 0 Å². The highest BCUT2D eigenvalue weighted by Crippen LogP contribution is 2.23. The van der Waals surface area contributed by atoms with Crippen LogP contribution in [-0.2, 0) is 16.1 Å². The Morgan fingerprint density at radius 3 is 2.95 bits per heavy atom. The average molecular weight is 266 g/mol. The lowest BCUT2D eigenvalue weighted by molar-refractivity contribution is -0.384. The van der Waals surface area contributed by atoms with Crippen molar-refractivity contribution in [2.45, 2.75) is 6.54 Å². The highest BCUT2D eigenvalue weighted by atomic mass is 16.6. The number of nitrogens with two attached hydrogens (primary N) is 1. The Kier molecular flexibility index (Phi) is 3.93. The van der Waals surface area contributed by atoms with Crippen LogP contribution in [0.25, 0.3) is 0 Å². The summed E-state index contributed by atoms with van der Waals surface area (Å²) in [5, 5.41) is 10.8. The van der Waals surface area contributed by atoms with Gasteiger partial charge in [0.2, 0.25) is 5.91 Å². The van der Waals surface area contributed by atoms with E-state index in [0.717, 1.165) is 0 Å². The number of nitro groups is 1. The lowest BCUT2D eigenvalue weighted by Gasteiger charge is -2.27. The van der Waals surface area contributed by atoms with Gasteiger partial charge in [-0.3, -0.25) is 20.8 Å². The molecule has 0 radical (unpaired) electrons. The van der Waals surface area contributed by atoms with E-state index in [2.05, 4.69) is 5.43 Å². The highest BCUT2D eigenvalue weighted by Gasteiger charge is 2.20. The molecule has 1 aliphatic heterocycles. The fraction of sp³-hybridized carbons (Fsp3) is 0.364. The van der Waals surface area contributed by atoms with Crippen molar-refractivity contribution >= 4 is 17.3 Å². The summed E-state index contributed by atoms with van der Waals surface area (Å²) in [7, 11) is 0. The summed E-state index contributed by atoms with van der Waals surface area (Å²) in [6, 6.07) is 4.30. The number of nitro benzene ring substituents is 1. The van der Waals surface area contributed by atoms with Gasteiger partial charge in [-0.1, -0.05) is 0 Å². The third-order valence-electron chi connectivity index (χ3n) is 2.90. The largest absolute Gasteiger partial charge is 0.370 e. The van der Waals surface area contributed by atoms with Crippen molar-refractivity contribution in [3.8, 4) is 0 Å². The van der Waals surface area contributed by atoms with Gasteiger partial charge in [0, 0.05) is 30.8 Å². The predicted octanol–water partition coefficient (Wildman–Crippen LogP) is 0.239. The minimum atomic E-state index is -0.481. The fourth-order valence-electron chi connectivity index (χ4n) is 1.89. The van der Waals surface area contributed by atoms with Crippen LogP contribution in [0, 0.1) is 10.1 Å². The average Bonchev–Trinajstić information content (AvgIpc) is 2.41. The standard InChI is InChI=1S/C11H14N4O4/c12-13-10-2-1-9(15(17)18)5-8(10)6-14-3-4-19-7-11(14)16/h1-2,5,13H,3-4,6-7,12H2. The second-order valence-corrected chi connectivity index (χ2v) is 4.11. The number of hydrazine groups is 1. The van der Waals surface area contributed by atoms with E-state index in [1.807, 2.05) is 0 Å². The lowest BCUT2D eigenvalue weighted by atomic mass is 10.1. The molecule has 1 aliphatic rings. The number of nitrogen functional groups attached to an aromatic ring is 1. The van der Waals surface area contributed by atoms with Crippen molar-refractivity contribution in [1.82, 2.24) is 4.90 Å². The van der Waals surface area contributed by atoms with Crippen LogP contribution in [0.2, 0.25) is 0 Å². The van der Waals surface area contributed by atoms with Crippen LogP contribution in [-0.4, -0.2) is 35.5 Å². The van der Waals surface area contributed by atoms with E-state index >= 15 is 0 Å². The van der Waals surface area contributed by atoms with Crippen molar-refractivity contribution in [1.29, 1.82) is 0 Å². The minimum absolute atomic E-state index is 0.0327. The molecule has 8 nitrogen and oxygen atoms in total. The predicted molar refractivity (Wildman–Crippen MR) is 67.1 cm³/mol. The number of benzene rings is 1. The third kappa shape index (κ3) is 2.98. The van der Waals surface area contributed by atoms with Gasteiger partial charge in [-0.15, -0.1) is 0 Å². The zero-order valence-corrected chi connectivity index (χ0v) is 10.2. The number of carbonyl (C=O) groups excluding carboxylic acids is 1. The van der Waals surface area contributed by atoms with Gasteiger partial charge < -0.3 is 15.1 Å². The molecular formula is C11H14N4O4. The van der Waals surface area contributed by atoms with Gasteiger partial charge >= 0.3 is 0 Å². The molecule has 0 bridgehead atoms. The van der Waals surface area contributed by atoms with Gasteiger partial charge in [-0.2, -0.15) is 0 Å². The smallest absolute Gasteiger partial charge is 0.269 e. The lowest BCUT2D eigenvalue weighted by Crippen LogP contribution is -2.41. The first-order valence-corrected chi connectivity index (χ1v) is 5.71. The summed E-state index contributed by atoms with van der Waals surface area (Å²) in [6.07, 6.45) is 0. The van der Waals surface area contributed by atoms with Gasteiger partial charge in [0.15, 0.2) is 0 Å². The van der Waals surface area contributed by atoms with Gasteiger partial charge in [0.05, 0.1) is 17.2 Å². The van der Waals surface area contributed by atoms with E-state index in [4.69, 9.17) is 10.6 Å². The first-order valence-electron chi connectivity index (χ1n) is 5.71. The monoisotopic (exact) mass is 266 g/mol. The normalized spacial score (nSPS) is 15.4. The third-order valence-corrected chi connectivity index (χ3v) is 2.90. The molecule has 0 saturated carbocycles. The summed E-state index contributed by atoms with van der Waals surface area (Å²) in [5.41, 5.74) is 3.61. The van der Waals surface area contributed by atoms with Crippen molar-refractivity contribution in [2.75, 3.05) is 25.2 Å². The second kappa shape index (κ2) is 5.63. The Morgan fingerprint density at radius 1 is 1.53 bits per heavy atom. The van der Waals surface area contributed by atoms with Crippen LogP contribution < -0.4 is 11.3 Å². The molecular weight excluding hydrogens is 252 g/mol. The SMILES string of the molecule is NNc1ccc([N+](=O)[O-])cc1CN1CCOCC1=O. The number of carbonyl (C=O) groups is 1. The van der Waals surface area contributed by atoms with Gasteiger partial charge in [-0.25, -0.2) is 0 Å². The first-order chi connectivity index (χ1) is 9.11. The molecule has 2 rings (SSSR count). The highest BCUT2D eigenvalue weighted by molar-refractivity contribution is 5.78. The zero-order chi connectivity index (χ0) is 13.8. The van der Waals surface area contributed by atoms with E-state index in [-0.39, 0.29) is 24.7 Å². The Morgan fingerprint density at radius 2 is 2.32 bits per heavy atom. The summed E-state index contributed by atoms with van der Waals surface area (Å²) >= 11 is 0. The Balaban J connectivity index is 2.23. The summed E-state index contributed by atoms with van der Waals surface area (Å²) in [5.74, 6) is 5.23. The van der Waals surface area contributed by atoms with E-state index in [1.54, 1.807) is 4.90 Å². The number of nitrogens with one attached hydrogen (secondary N) is 1. The molecule has 0 spiro atoms. The maximum Gasteiger partial charge on any atom is 0.269 e. The molecule has 1 aromatic carbocycles. The van der Waals surface area contributed by atoms with E-state index in [9.17, 15) is 14.9 Å². The molecule has 1 fully saturated rings. The number of nitrogens with zero attached hydrogens (tertiary/aromatic N) is 2. The number of hydrogen-bond donors (Lipinski definition) is 2. The molecule has 19 heavy (non-hydrogen) atoms. The number of hydrogen-bond acceptors (Lipinski definition) is 6. The number of rotatable bonds is 4. The van der Waals surface area contributed by atoms with Crippen LogP contribution in [0.4, 0.5) is 11.4 Å². The van der Waals surface area contributed by atoms with E-state index in [0.29, 0.717) is 24.4 Å². The summed E-state index contributed by atoms with van der Waals surface area (Å²) in [6.45, 7) is 1.24. The molecule has 1 saturated heterocycles. The molecule has 1 amide bonds. The number of anilines is 1. The Labute approximate surface area is 109 Å². The zero-order valence-electron chi connectivity index (χ0n) is 10.2. The van der Waals surface area contributed by atoms with Crippen molar-refractivity contribution in [3.05, 3.63) is 33.9 Å². The summed E-state index contributed by atoms with van der Waals surface area (Å²) in [4.78, 5) is 23.5. The molecule has 0 unspecified atom stereocenters. The Hall–Kier alpha value is -2.19. The number of morpholine rings is 1. The fourth-order valence-corrected chi connectivity index (χ4v) is 1.89. The molecule has 0 aliphatic carbocycles. The Bertz CT molecular complexity index is 505. The quantitative estimate of drug-likeness (QED) is 0.459. The molecule has 8 heteroatoms. The molecule has 0 aromatic heterocycles. The van der Waals surface area contributed by atoms with Crippen LogP contribution in [0.15, 0.2) is 18.2 Å². The topological polar surface area (TPSA) is 111 Å². The van der Waals surface area contributed by atoms with Crippen molar-refractivity contribution in [2.24, 2.45) is 5.84 Å². The van der Waals surface area contributed by atoms with Gasteiger partial charge in [0.25, 0.3) is 5.69 Å². The van der Waals surface area contributed by atoms with E-state index < -0.39 is 4.92 Å². The first kappa shape index (κ1) is 13.2. The van der Waals surface area contributed by atoms with Gasteiger partial charge in [-0.05, 0) is 6.07 Å². The van der Waals surface area contributed by atoms with Gasteiger partial charge in [0.1, 0.15) is 6.61 Å². The minimum Gasteiger partial charge on any atom is -0.370 e. The number of ether oxygens (including phenoxy) is 1. The molecule has 1 aromatic rings. The number of amides is 1. The van der Waals surface area contributed by atoms with Crippen LogP contribution in [0.3, 0.4) is 0 Å². The van der Waals surface area contributed by atoms with E-state index in [1.165, 1.54) is 18.2 Å². The maximum absolute atomic E-state index is 11.6. The van der Waals surface area contributed by atoms with Crippen LogP contribution >= 0.6 is 0 Å². The maximum atomic E-state index is 11.6. The van der Waals surface area contributed by atoms with Crippen LogP contribution in [0.5, 0.6) is 0 Å². The number of non-ortho nitro benzene ring substituents is 1. The molecule has 102 valence electrons. The second-order valence-electron chi connectivity index (χ2n) is 4.11. The molecule has 3 N–H and O–H groups in total. The summed E-state index contributed by atoms with van der Waals surface area (Å²) < 4.78 is 5.03. The molecule has 1 heterocycles. The van der Waals surface area contributed by atoms with Crippen molar-refractivity contribution < 1.29 is 14.5 Å².